The molecule has 0 saturated carbocycles. The van der Waals surface area contributed by atoms with E-state index in [4.69, 9.17) is 0 Å². The summed E-state index contributed by atoms with van der Waals surface area (Å²) in [5, 5.41) is 9.86. The molecule has 0 unspecified atom stereocenters. The highest BCUT2D eigenvalue weighted by Crippen LogP contribution is 2.26. The number of hydrogen-bond acceptors (Lipinski definition) is 5. The lowest BCUT2D eigenvalue weighted by atomic mass is 10.2. The molecule has 1 fully saturated rings. The summed E-state index contributed by atoms with van der Waals surface area (Å²) >= 11 is 0. The highest BCUT2D eigenvalue weighted by molar-refractivity contribution is 6.01. The van der Waals surface area contributed by atoms with E-state index in [9.17, 15) is 22.8 Å². The van der Waals surface area contributed by atoms with Crippen LogP contribution in [-0.2, 0) is 13.2 Å². The second kappa shape index (κ2) is 6.31. The number of pyridine rings is 1. The first kappa shape index (κ1) is 17.1. The Balaban J connectivity index is 1.78. The van der Waals surface area contributed by atoms with Crippen molar-refractivity contribution in [2.24, 2.45) is 7.05 Å². The summed E-state index contributed by atoms with van der Waals surface area (Å²) in [4.78, 5) is 29.8. The van der Waals surface area contributed by atoms with Gasteiger partial charge >= 0.3 is 6.18 Å². The number of hydrogen-bond donors (Lipinski definition) is 3. The molecule has 25 heavy (non-hydrogen) atoms. The summed E-state index contributed by atoms with van der Waals surface area (Å²) in [5.41, 5.74) is -3.05. The van der Waals surface area contributed by atoms with Gasteiger partial charge in [-0.3, -0.25) is 14.9 Å². The van der Waals surface area contributed by atoms with E-state index in [1.54, 1.807) is 7.05 Å². The average Bonchev–Trinajstić information content (AvgIpc) is 3.16. The van der Waals surface area contributed by atoms with Crippen LogP contribution in [0.4, 0.5) is 19.1 Å². The molecule has 1 aliphatic rings. The zero-order chi connectivity index (χ0) is 18.2. The maximum Gasteiger partial charge on any atom is 0.421 e. The first-order valence-corrected chi connectivity index (χ1v) is 7.52. The molecule has 0 aliphatic carbocycles. The Morgan fingerprint density at radius 1 is 1.40 bits per heavy atom. The van der Waals surface area contributed by atoms with E-state index in [1.807, 2.05) is 4.98 Å². The Morgan fingerprint density at radius 3 is 2.76 bits per heavy atom. The third-order valence-electron chi connectivity index (χ3n) is 3.84. The van der Waals surface area contributed by atoms with Crippen molar-refractivity contribution < 1.29 is 18.0 Å². The van der Waals surface area contributed by atoms with Gasteiger partial charge in [-0.2, -0.15) is 23.3 Å². The number of anilines is 1. The molecule has 2 aromatic rings. The number of amides is 1. The van der Waals surface area contributed by atoms with E-state index in [0.29, 0.717) is 11.9 Å². The summed E-state index contributed by atoms with van der Waals surface area (Å²) in [6, 6.07) is 1.47. The number of aryl methyl sites for hydroxylation is 1. The van der Waals surface area contributed by atoms with Crippen molar-refractivity contribution in [2.45, 2.75) is 25.1 Å². The van der Waals surface area contributed by atoms with Crippen molar-refractivity contribution in [3.8, 4) is 0 Å². The Hall–Kier alpha value is -2.69. The summed E-state index contributed by atoms with van der Waals surface area (Å²) < 4.78 is 39.1. The van der Waals surface area contributed by atoms with Gasteiger partial charge in [-0.1, -0.05) is 0 Å². The van der Waals surface area contributed by atoms with E-state index in [0.717, 1.165) is 25.5 Å². The van der Waals surface area contributed by atoms with E-state index in [2.05, 4.69) is 20.7 Å². The number of nitrogens with zero attached hydrogens (tertiary/aromatic N) is 3. The fourth-order valence-electron chi connectivity index (χ4n) is 2.56. The molecule has 3 heterocycles. The van der Waals surface area contributed by atoms with E-state index in [-0.39, 0.29) is 17.7 Å². The average molecular weight is 356 g/mol. The fraction of sp³-hybridized carbons (Fsp3) is 0.429. The molecule has 0 radical (unpaired) electrons. The minimum absolute atomic E-state index is 0.00253. The second-order valence-corrected chi connectivity index (χ2v) is 5.63. The SMILES string of the molecule is Cn1nc([C@H]2CCCN2)nc1NC(=O)c1ccc(C(F)(F)F)c(=O)[nH]1. The Bertz CT molecular complexity index is 851. The normalized spacial score (nSPS) is 17.7. The molecule has 0 spiro atoms. The van der Waals surface area contributed by atoms with Crippen LogP contribution in [0.25, 0.3) is 0 Å². The van der Waals surface area contributed by atoms with Gasteiger partial charge < -0.3 is 10.3 Å². The molecule has 0 bridgehead atoms. The summed E-state index contributed by atoms with van der Waals surface area (Å²) in [5.74, 6) is -0.127. The molecule has 11 heteroatoms. The smallest absolute Gasteiger partial charge is 0.317 e. The zero-order valence-electron chi connectivity index (χ0n) is 13.1. The number of nitrogens with one attached hydrogen (secondary N) is 3. The Labute approximate surface area is 139 Å². The molecule has 3 rings (SSSR count). The third-order valence-corrected chi connectivity index (χ3v) is 3.84. The highest BCUT2D eigenvalue weighted by Gasteiger charge is 2.34. The first-order valence-electron chi connectivity index (χ1n) is 7.52. The molecule has 0 aromatic carbocycles. The predicted molar refractivity (Wildman–Crippen MR) is 81.0 cm³/mol. The summed E-state index contributed by atoms with van der Waals surface area (Å²) in [7, 11) is 1.58. The first-order chi connectivity index (χ1) is 11.8. The van der Waals surface area contributed by atoms with Gasteiger partial charge in [-0.15, -0.1) is 0 Å². The van der Waals surface area contributed by atoms with Gasteiger partial charge in [-0.25, -0.2) is 4.68 Å². The van der Waals surface area contributed by atoms with Gasteiger partial charge in [0.2, 0.25) is 5.95 Å². The van der Waals surface area contributed by atoms with Crippen molar-refractivity contribution in [3.63, 3.8) is 0 Å². The fourth-order valence-corrected chi connectivity index (χ4v) is 2.56. The number of alkyl halides is 3. The number of carbonyl (C=O) groups excluding carboxylic acids is 1. The van der Waals surface area contributed by atoms with Crippen LogP contribution in [0, 0.1) is 0 Å². The number of halogens is 3. The maximum absolute atomic E-state index is 12.6. The largest absolute Gasteiger partial charge is 0.421 e. The van der Waals surface area contributed by atoms with Gasteiger partial charge in [0, 0.05) is 7.05 Å². The van der Waals surface area contributed by atoms with E-state index in [1.165, 1.54) is 4.68 Å². The number of H-pyrrole nitrogens is 1. The Kier molecular flexibility index (Phi) is 4.33. The van der Waals surface area contributed by atoms with Crippen LogP contribution in [0.3, 0.4) is 0 Å². The molecule has 8 nitrogen and oxygen atoms in total. The molecular weight excluding hydrogens is 341 g/mol. The quantitative estimate of drug-likeness (QED) is 0.767. The minimum Gasteiger partial charge on any atom is -0.317 e. The van der Waals surface area contributed by atoms with Gasteiger partial charge in [0.1, 0.15) is 11.3 Å². The second-order valence-electron chi connectivity index (χ2n) is 5.63. The molecule has 1 amide bonds. The lowest BCUT2D eigenvalue weighted by Gasteiger charge is -2.07. The topological polar surface area (TPSA) is 105 Å². The van der Waals surface area contributed by atoms with Gasteiger partial charge in [0.25, 0.3) is 11.5 Å². The molecule has 1 saturated heterocycles. The zero-order valence-corrected chi connectivity index (χ0v) is 13.1. The van der Waals surface area contributed by atoms with Crippen molar-refractivity contribution in [1.82, 2.24) is 25.1 Å². The molecule has 1 atom stereocenters. The summed E-state index contributed by atoms with van der Waals surface area (Å²) in [6.07, 6.45) is -2.91. The van der Waals surface area contributed by atoms with Crippen molar-refractivity contribution in [3.05, 3.63) is 39.6 Å². The molecular formula is C14H15F3N6O2. The molecule has 2 aromatic heterocycles. The Morgan fingerprint density at radius 2 is 2.16 bits per heavy atom. The van der Waals surface area contributed by atoms with E-state index < -0.39 is 23.2 Å². The highest BCUT2D eigenvalue weighted by atomic mass is 19.4. The van der Waals surface area contributed by atoms with Crippen LogP contribution >= 0.6 is 0 Å². The van der Waals surface area contributed by atoms with Crippen molar-refractivity contribution >= 4 is 11.9 Å². The monoisotopic (exact) mass is 356 g/mol. The lowest BCUT2D eigenvalue weighted by Crippen LogP contribution is -2.25. The van der Waals surface area contributed by atoms with Crippen molar-refractivity contribution in [2.75, 3.05) is 11.9 Å². The third kappa shape index (κ3) is 3.55. The van der Waals surface area contributed by atoms with Crippen LogP contribution in [0.15, 0.2) is 16.9 Å². The van der Waals surface area contributed by atoms with Crippen LogP contribution in [-0.4, -0.2) is 32.2 Å². The van der Waals surface area contributed by atoms with Crippen molar-refractivity contribution in [1.29, 1.82) is 0 Å². The standard InChI is InChI=1S/C14H15F3N6O2/c1-23-13(20-10(22-23)8-3-2-6-18-8)21-12(25)9-5-4-7(11(24)19-9)14(15,16)17/h4-5,8,18H,2-3,6H2,1H3,(H,19,24)(H,20,21,22,25)/t8-/m1/s1. The van der Waals surface area contributed by atoms with Gasteiger partial charge in [0.05, 0.1) is 6.04 Å². The van der Waals surface area contributed by atoms with Gasteiger partial charge in [-0.05, 0) is 31.5 Å². The maximum atomic E-state index is 12.6. The summed E-state index contributed by atoms with van der Waals surface area (Å²) in [6.45, 7) is 0.859. The van der Waals surface area contributed by atoms with Gasteiger partial charge in [0.15, 0.2) is 5.82 Å². The number of carbonyl (C=O) groups is 1. The predicted octanol–water partition coefficient (Wildman–Crippen LogP) is 1.20. The van der Waals surface area contributed by atoms with Crippen LogP contribution < -0.4 is 16.2 Å². The van der Waals surface area contributed by atoms with Crippen LogP contribution in [0.2, 0.25) is 0 Å². The lowest BCUT2D eigenvalue weighted by molar-refractivity contribution is -0.138. The molecule has 134 valence electrons. The molecule has 1 aliphatic heterocycles. The van der Waals surface area contributed by atoms with E-state index >= 15 is 0 Å². The number of rotatable bonds is 3. The minimum atomic E-state index is -4.78. The number of aromatic nitrogens is 4. The van der Waals surface area contributed by atoms with Crippen LogP contribution in [0.5, 0.6) is 0 Å². The number of aromatic amines is 1. The molecule has 3 N–H and O–H groups in total. The van der Waals surface area contributed by atoms with Crippen LogP contribution in [0.1, 0.15) is 40.8 Å².